The summed E-state index contributed by atoms with van der Waals surface area (Å²) < 4.78 is 0. The van der Waals surface area contributed by atoms with Crippen LogP contribution in [0.1, 0.15) is 85.5 Å². The van der Waals surface area contributed by atoms with E-state index < -0.39 is 0 Å². The van der Waals surface area contributed by atoms with Crippen LogP contribution in [0.4, 0.5) is 0 Å². The average molecular weight is 319 g/mol. The lowest BCUT2D eigenvalue weighted by Gasteiger charge is -2.63. The van der Waals surface area contributed by atoms with Gasteiger partial charge in [0.2, 0.25) is 0 Å². The van der Waals surface area contributed by atoms with E-state index in [4.69, 9.17) is 0 Å². The topological polar surface area (TPSA) is 20.2 Å². The van der Waals surface area contributed by atoms with Gasteiger partial charge >= 0.3 is 0 Å². The van der Waals surface area contributed by atoms with Crippen molar-refractivity contribution in [1.82, 2.24) is 0 Å². The van der Waals surface area contributed by atoms with E-state index in [1.54, 1.807) is 0 Å². The fraction of sp³-hybridized carbons (Fsp3) is 1.00. The molecule has 0 radical (unpaired) electrons. The minimum absolute atomic E-state index is 0.0295. The summed E-state index contributed by atoms with van der Waals surface area (Å²) in [5, 5.41) is 10.7. The van der Waals surface area contributed by atoms with Crippen molar-refractivity contribution in [2.75, 3.05) is 0 Å². The predicted octanol–water partition coefficient (Wildman–Crippen LogP) is 5.66. The van der Waals surface area contributed by atoms with E-state index in [9.17, 15) is 5.11 Å². The lowest BCUT2D eigenvalue weighted by Crippen LogP contribution is -2.57. The maximum Gasteiger partial charge on any atom is 0.0596 e. The standard InChI is InChI=1S/C22H38O/c1-14(2)16-13-15-7-5-6-11-21(15,3)18-10-12-22(4)17(20(16)18)8-9-19(22)23/h14-20,23H,5-13H2,1-4H3/t15?,16-,17?,18?,19-,20-,21-,22-/m0/s1. The highest BCUT2D eigenvalue weighted by Gasteiger charge is 2.62. The third kappa shape index (κ3) is 2.21. The van der Waals surface area contributed by atoms with Crippen LogP contribution in [0.15, 0.2) is 0 Å². The van der Waals surface area contributed by atoms with E-state index in [1.165, 1.54) is 51.4 Å². The Bertz CT molecular complexity index is 457. The van der Waals surface area contributed by atoms with E-state index in [0.717, 1.165) is 41.9 Å². The molecule has 132 valence electrons. The van der Waals surface area contributed by atoms with Crippen molar-refractivity contribution in [3.63, 3.8) is 0 Å². The molecule has 4 aliphatic carbocycles. The van der Waals surface area contributed by atoms with E-state index in [-0.39, 0.29) is 11.5 Å². The summed E-state index contributed by atoms with van der Waals surface area (Å²) in [6.07, 6.45) is 12.4. The second-order valence-electron chi connectivity index (χ2n) is 10.5. The van der Waals surface area contributed by atoms with Crippen molar-refractivity contribution < 1.29 is 5.11 Å². The summed E-state index contributed by atoms with van der Waals surface area (Å²) in [6.45, 7) is 10.0. The number of fused-ring (bicyclic) bond motifs is 5. The Balaban J connectivity index is 1.73. The quantitative estimate of drug-likeness (QED) is 0.661. The molecule has 4 saturated carbocycles. The van der Waals surface area contributed by atoms with Gasteiger partial charge in [-0.15, -0.1) is 0 Å². The SMILES string of the molecule is CC(C)[C@@H]1CC2CCCC[C@]2(C)C2CC[C@@]3(C)C(CC[C@@H]3O)[C@@H]21. The number of aliphatic hydroxyl groups excluding tert-OH is 1. The molecule has 0 spiro atoms. The first-order valence-electron chi connectivity index (χ1n) is 10.6. The number of hydrogen-bond donors (Lipinski definition) is 1. The molecule has 0 amide bonds. The number of hydrogen-bond acceptors (Lipinski definition) is 1. The van der Waals surface area contributed by atoms with E-state index in [1.807, 2.05) is 0 Å². The second-order valence-corrected chi connectivity index (χ2v) is 10.5. The maximum absolute atomic E-state index is 10.7. The van der Waals surface area contributed by atoms with Gasteiger partial charge < -0.3 is 5.11 Å². The largest absolute Gasteiger partial charge is 0.393 e. The Kier molecular flexibility index (Phi) is 3.91. The van der Waals surface area contributed by atoms with Crippen LogP contribution in [0, 0.1) is 46.3 Å². The summed E-state index contributed by atoms with van der Waals surface area (Å²) in [5.74, 6) is 5.34. The molecule has 0 aliphatic heterocycles. The predicted molar refractivity (Wildman–Crippen MR) is 96.1 cm³/mol. The van der Waals surface area contributed by atoms with Crippen molar-refractivity contribution in [2.24, 2.45) is 46.3 Å². The normalized spacial score (nSPS) is 56.1. The van der Waals surface area contributed by atoms with Gasteiger partial charge in [0.1, 0.15) is 0 Å². The Hall–Kier alpha value is -0.0400. The molecule has 8 atom stereocenters. The third-order valence-electron chi connectivity index (χ3n) is 9.49. The molecular formula is C22H38O. The average Bonchev–Trinajstić information content (AvgIpc) is 2.81. The van der Waals surface area contributed by atoms with Gasteiger partial charge in [-0.1, -0.05) is 40.5 Å². The maximum atomic E-state index is 10.7. The Labute approximate surface area is 143 Å². The number of rotatable bonds is 1. The van der Waals surface area contributed by atoms with Crippen molar-refractivity contribution in [3.05, 3.63) is 0 Å². The molecular weight excluding hydrogens is 280 g/mol. The summed E-state index contributed by atoms with van der Waals surface area (Å²) in [5.41, 5.74) is 0.843. The molecule has 0 saturated heterocycles. The Morgan fingerprint density at radius 1 is 0.870 bits per heavy atom. The molecule has 0 aromatic carbocycles. The van der Waals surface area contributed by atoms with Gasteiger partial charge in [0.25, 0.3) is 0 Å². The van der Waals surface area contributed by atoms with Crippen molar-refractivity contribution in [1.29, 1.82) is 0 Å². The van der Waals surface area contributed by atoms with Gasteiger partial charge in [-0.2, -0.15) is 0 Å². The monoisotopic (exact) mass is 318 g/mol. The van der Waals surface area contributed by atoms with Crippen LogP contribution in [0.25, 0.3) is 0 Å². The number of aliphatic hydroxyl groups is 1. The highest BCUT2D eigenvalue weighted by Crippen LogP contribution is 2.68. The zero-order valence-corrected chi connectivity index (χ0v) is 15.9. The van der Waals surface area contributed by atoms with Crippen LogP contribution in [0.3, 0.4) is 0 Å². The zero-order valence-electron chi connectivity index (χ0n) is 15.9. The van der Waals surface area contributed by atoms with Gasteiger partial charge in [0, 0.05) is 0 Å². The van der Waals surface area contributed by atoms with Crippen LogP contribution in [0.5, 0.6) is 0 Å². The fourth-order valence-corrected chi connectivity index (χ4v) is 8.04. The minimum atomic E-state index is -0.0295. The molecule has 0 aromatic rings. The zero-order chi connectivity index (χ0) is 16.4. The molecule has 0 aromatic heterocycles. The summed E-state index contributed by atoms with van der Waals surface area (Å²) in [6, 6.07) is 0. The van der Waals surface area contributed by atoms with Crippen molar-refractivity contribution in [3.8, 4) is 0 Å². The van der Waals surface area contributed by atoms with Crippen LogP contribution in [-0.4, -0.2) is 11.2 Å². The first-order chi connectivity index (χ1) is 10.9. The van der Waals surface area contributed by atoms with Gasteiger partial charge in [-0.25, -0.2) is 0 Å². The highest BCUT2D eigenvalue weighted by molar-refractivity contribution is 5.11. The van der Waals surface area contributed by atoms with Crippen LogP contribution >= 0.6 is 0 Å². The second kappa shape index (κ2) is 5.48. The summed E-state index contributed by atoms with van der Waals surface area (Å²) >= 11 is 0. The molecule has 23 heavy (non-hydrogen) atoms. The summed E-state index contributed by atoms with van der Waals surface area (Å²) in [7, 11) is 0. The molecule has 4 rings (SSSR count). The molecule has 0 heterocycles. The lowest BCUT2D eigenvalue weighted by atomic mass is 9.42. The smallest absolute Gasteiger partial charge is 0.0596 e. The van der Waals surface area contributed by atoms with E-state index in [2.05, 4.69) is 27.7 Å². The minimum Gasteiger partial charge on any atom is -0.393 e. The van der Waals surface area contributed by atoms with Crippen LogP contribution < -0.4 is 0 Å². The van der Waals surface area contributed by atoms with Crippen molar-refractivity contribution >= 4 is 0 Å². The van der Waals surface area contributed by atoms with Crippen LogP contribution in [0.2, 0.25) is 0 Å². The fourth-order valence-electron chi connectivity index (χ4n) is 8.04. The molecule has 3 unspecified atom stereocenters. The molecule has 1 heteroatoms. The molecule has 1 N–H and O–H groups in total. The first-order valence-corrected chi connectivity index (χ1v) is 10.6. The van der Waals surface area contributed by atoms with E-state index in [0.29, 0.717) is 5.41 Å². The van der Waals surface area contributed by atoms with Gasteiger partial charge in [-0.05, 0) is 91.3 Å². The molecule has 4 aliphatic rings. The van der Waals surface area contributed by atoms with Crippen LogP contribution in [-0.2, 0) is 0 Å². The Morgan fingerprint density at radius 2 is 1.61 bits per heavy atom. The lowest BCUT2D eigenvalue weighted by molar-refractivity contribution is -0.153. The molecule has 0 bridgehead atoms. The van der Waals surface area contributed by atoms with Gasteiger partial charge in [0.05, 0.1) is 6.10 Å². The highest BCUT2D eigenvalue weighted by atomic mass is 16.3. The summed E-state index contributed by atoms with van der Waals surface area (Å²) in [4.78, 5) is 0. The van der Waals surface area contributed by atoms with Gasteiger partial charge in [-0.3, -0.25) is 0 Å². The van der Waals surface area contributed by atoms with E-state index >= 15 is 0 Å². The van der Waals surface area contributed by atoms with Gasteiger partial charge in [0.15, 0.2) is 0 Å². The first kappa shape index (κ1) is 16.4. The molecule has 4 fully saturated rings. The third-order valence-corrected chi connectivity index (χ3v) is 9.49. The molecule has 1 nitrogen and oxygen atoms in total. The Morgan fingerprint density at radius 3 is 2.35 bits per heavy atom. The van der Waals surface area contributed by atoms with Crippen molar-refractivity contribution in [2.45, 2.75) is 91.6 Å².